The molecule has 0 fully saturated rings. The van der Waals surface area contributed by atoms with Crippen molar-refractivity contribution in [3.63, 3.8) is 0 Å². The largest absolute Gasteiger partial charge is 0.353 e. The first-order valence-corrected chi connectivity index (χ1v) is 9.48. The number of benzene rings is 1. The summed E-state index contributed by atoms with van der Waals surface area (Å²) in [6.45, 7) is 9.87. The van der Waals surface area contributed by atoms with E-state index in [1.165, 1.54) is 0 Å². The molecule has 0 spiro atoms. The van der Waals surface area contributed by atoms with E-state index in [0.717, 1.165) is 18.7 Å². The lowest BCUT2D eigenvalue weighted by molar-refractivity contribution is -0.127. The average Bonchev–Trinajstić information content (AvgIpc) is 2.63. The molecule has 0 saturated carbocycles. The molecule has 0 bridgehead atoms. The van der Waals surface area contributed by atoms with Crippen LogP contribution in [0.5, 0.6) is 0 Å². The van der Waals surface area contributed by atoms with E-state index in [4.69, 9.17) is 17.3 Å². The summed E-state index contributed by atoms with van der Waals surface area (Å²) >= 11 is 6.35. The Bertz CT molecular complexity index is 598. The van der Waals surface area contributed by atoms with Crippen LogP contribution in [0.3, 0.4) is 0 Å². The predicted molar refractivity (Wildman–Crippen MR) is 120 cm³/mol. The Kier molecular flexibility index (Phi) is 15.5. The van der Waals surface area contributed by atoms with Crippen molar-refractivity contribution in [2.24, 2.45) is 11.7 Å². The maximum atomic E-state index is 12.1. The molecule has 1 rings (SSSR count). The zero-order chi connectivity index (χ0) is 19.7. The number of rotatable bonds is 10. The molecule has 0 aliphatic carbocycles. The number of carbonyl (C=O) groups excluding carboxylic acids is 2. The van der Waals surface area contributed by atoms with Crippen molar-refractivity contribution in [3.8, 4) is 0 Å². The highest BCUT2D eigenvalue weighted by molar-refractivity contribution is 6.31. The quantitative estimate of drug-likeness (QED) is 0.506. The van der Waals surface area contributed by atoms with Crippen LogP contribution in [-0.2, 0) is 9.59 Å². The zero-order valence-corrected chi connectivity index (χ0v) is 19.3. The predicted octanol–water partition coefficient (Wildman–Crippen LogP) is 2.78. The van der Waals surface area contributed by atoms with Gasteiger partial charge in [0.15, 0.2) is 0 Å². The van der Waals surface area contributed by atoms with Crippen molar-refractivity contribution in [1.82, 2.24) is 15.5 Å². The molecule has 162 valence electrons. The summed E-state index contributed by atoms with van der Waals surface area (Å²) in [5, 5.41) is 6.14. The Morgan fingerprint density at radius 2 is 1.68 bits per heavy atom. The topological polar surface area (TPSA) is 87.5 Å². The maximum absolute atomic E-state index is 12.1. The summed E-state index contributed by atoms with van der Waals surface area (Å²) < 4.78 is 0. The molecule has 0 aliphatic heterocycles. The fourth-order valence-corrected chi connectivity index (χ4v) is 2.97. The van der Waals surface area contributed by atoms with Crippen LogP contribution in [0.4, 0.5) is 0 Å². The van der Waals surface area contributed by atoms with Gasteiger partial charge in [0.05, 0.1) is 18.6 Å². The smallest absolute Gasteiger partial charge is 0.239 e. The molecule has 0 radical (unpaired) electrons. The minimum atomic E-state index is -0.616. The summed E-state index contributed by atoms with van der Waals surface area (Å²) in [4.78, 5) is 26.2. The Hall–Kier alpha value is -1.05. The van der Waals surface area contributed by atoms with E-state index in [2.05, 4.69) is 29.4 Å². The minimum Gasteiger partial charge on any atom is -0.353 e. The summed E-state index contributed by atoms with van der Waals surface area (Å²) in [6, 6.07) is 7.00. The van der Waals surface area contributed by atoms with Crippen molar-refractivity contribution >= 4 is 48.2 Å². The number of amides is 2. The highest BCUT2D eigenvalue weighted by atomic mass is 35.5. The van der Waals surface area contributed by atoms with Crippen molar-refractivity contribution in [2.45, 2.75) is 39.8 Å². The minimum absolute atomic E-state index is 0. The van der Waals surface area contributed by atoms with Gasteiger partial charge in [-0.2, -0.15) is 0 Å². The Morgan fingerprint density at radius 3 is 2.18 bits per heavy atom. The van der Waals surface area contributed by atoms with E-state index in [1.807, 2.05) is 38.1 Å². The summed E-state index contributed by atoms with van der Waals surface area (Å²) in [6.07, 6.45) is 0. The molecular formula is C19H33Cl3N4O2. The molecule has 1 aromatic carbocycles. The lowest BCUT2D eigenvalue weighted by atomic mass is 10.0. The van der Waals surface area contributed by atoms with Crippen molar-refractivity contribution in [1.29, 1.82) is 0 Å². The molecule has 1 unspecified atom stereocenters. The average molecular weight is 456 g/mol. The van der Waals surface area contributed by atoms with Gasteiger partial charge in [-0.15, -0.1) is 24.8 Å². The van der Waals surface area contributed by atoms with Crippen LogP contribution in [0.1, 0.15) is 39.3 Å². The molecule has 6 nitrogen and oxygen atoms in total. The van der Waals surface area contributed by atoms with E-state index in [0.29, 0.717) is 11.6 Å². The van der Waals surface area contributed by atoms with Crippen LogP contribution < -0.4 is 16.4 Å². The van der Waals surface area contributed by atoms with Gasteiger partial charge in [0.2, 0.25) is 11.8 Å². The SMILES string of the molecule is CCN(CC)C(CNC(=O)CNC(=O)[C@@H](N)C(C)C)c1ccccc1Cl.Cl.Cl. The number of halogens is 3. The molecule has 2 atom stereocenters. The molecule has 2 amide bonds. The van der Waals surface area contributed by atoms with Gasteiger partial charge < -0.3 is 16.4 Å². The fourth-order valence-electron chi connectivity index (χ4n) is 2.71. The van der Waals surface area contributed by atoms with Gasteiger partial charge >= 0.3 is 0 Å². The zero-order valence-electron chi connectivity index (χ0n) is 16.9. The molecule has 4 N–H and O–H groups in total. The van der Waals surface area contributed by atoms with Gasteiger partial charge in [-0.05, 0) is 30.6 Å². The van der Waals surface area contributed by atoms with E-state index in [1.54, 1.807) is 0 Å². The first-order chi connectivity index (χ1) is 12.3. The number of nitrogens with zero attached hydrogens (tertiary/aromatic N) is 1. The first-order valence-electron chi connectivity index (χ1n) is 9.10. The standard InChI is InChI=1S/C19H31ClN4O2.2ClH/c1-5-24(6-2)16(14-9-7-8-10-15(14)20)11-22-17(25)12-23-19(26)18(21)13(3)4;;/h7-10,13,16,18H,5-6,11-12,21H2,1-4H3,(H,22,25)(H,23,26);2*1H/t16?,18-;;/m0../s1. The van der Waals surface area contributed by atoms with Gasteiger partial charge in [-0.25, -0.2) is 0 Å². The van der Waals surface area contributed by atoms with E-state index < -0.39 is 6.04 Å². The molecule has 0 aliphatic rings. The van der Waals surface area contributed by atoms with Gasteiger partial charge in [0, 0.05) is 11.6 Å². The molecule has 28 heavy (non-hydrogen) atoms. The number of nitrogens with two attached hydrogens (primary N) is 1. The normalized spacial score (nSPS) is 12.6. The molecule has 9 heteroatoms. The monoisotopic (exact) mass is 454 g/mol. The number of likely N-dealkylation sites (N-methyl/N-ethyl adjacent to an activating group) is 1. The number of hydrogen-bond acceptors (Lipinski definition) is 4. The molecule has 0 heterocycles. The second-order valence-electron chi connectivity index (χ2n) is 6.55. The van der Waals surface area contributed by atoms with Crippen molar-refractivity contribution < 1.29 is 9.59 Å². The Balaban J connectivity index is 0. The van der Waals surface area contributed by atoms with Crippen molar-refractivity contribution in [3.05, 3.63) is 34.9 Å². The lowest BCUT2D eigenvalue weighted by Crippen LogP contribution is -2.48. The summed E-state index contributed by atoms with van der Waals surface area (Å²) in [5.74, 6) is -0.551. The second-order valence-corrected chi connectivity index (χ2v) is 6.96. The molecule has 1 aromatic rings. The lowest BCUT2D eigenvalue weighted by Gasteiger charge is -2.31. The number of carbonyl (C=O) groups is 2. The Labute approximate surface area is 185 Å². The van der Waals surface area contributed by atoms with Crippen LogP contribution in [-0.4, -0.2) is 48.9 Å². The number of hydrogen-bond donors (Lipinski definition) is 3. The fraction of sp³-hybridized carbons (Fsp3) is 0.579. The Morgan fingerprint density at radius 1 is 1.11 bits per heavy atom. The van der Waals surface area contributed by atoms with E-state index in [9.17, 15) is 9.59 Å². The van der Waals surface area contributed by atoms with Gasteiger partial charge in [0.25, 0.3) is 0 Å². The number of nitrogens with one attached hydrogen (secondary N) is 2. The second kappa shape index (κ2) is 14.9. The third-order valence-corrected chi connectivity index (χ3v) is 4.80. The summed E-state index contributed by atoms with van der Waals surface area (Å²) in [7, 11) is 0. The third-order valence-electron chi connectivity index (χ3n) is 4.45. The highest BCUT2D eigenvalue weighted by Gasteiger charge is 2.22. The van der Waals surface area contributed by atoms with E-state index >= 15 is 0 Å². The molecular weight excluding hydrogens is 423 g/mol. The van der Waals surface area contributed by atoms with Gasteiger partial charge in [-0.3, -0.25) is 14.5 Å². The van der Waals surface area contributed by atoms with Gasteiger partial charge in [-0.1, -0.05) is 57.5 Å². The summed E-state index contributed by atoms with van der Waals surface area (Å²) in [5.41, 5.74) is 6.75. The highest BCUT2D eigenvalue weighted by Crippen LogP contribution is 2.26. The van der Waals surface area contributed by atoms with Crippen LogP contribution in [0, 0.1) is 5.92 Å². The molecule has 0 saturated heterocycles. The van der Waals surface area contributed by atoms with Crippen LogP contribution in [0.25, 0.3) is 0 Å². The van der Waals surface area contributed by atoms with Crippen LogP contribution in [0.2, 0.25) is 5.02 Å². The first kappa shape index (κ1) is 29.2. The third kappa shape index (κ3) is 8.97. The maximum Gasteiger partial charge on any atom is 0.239 e. The van der Waals surface area contributed by atoms with Gasteiger partial charge in [0.1, 0.15) is 0 Å². The molecule has 0 aromatic heterocycles. The van der Waals surface area contributed by atoms with Crippen molar-refractivity contribution in [2.75, 3.05) is 26.2 Å². The van der Waals surface area contributed by atoms with Crippen LogP contribution in [0.15, 0.2) is 24.3 Å². The van der Waals surface area contributed by atoms with E-state index in [-0.39, 0.29) is 55.1 Å². The van der Waals surface area contributed by atoms with Crippen LogP contribution >= 0.6 is 36.4 Å².